The van der Waals surface area contributed by atoms with Gasteiger partial charge in [0.25, 0.3) is 0 Å². The quantitative estimate of drug-likeness (QED) is 0.435. The highest BCUT2D eigenvalue weighted by Crippen LogP contribution is 2.34. The molecular formula is C26H29N3O5. The second-order valence-corrected chi connectivity index (χ2v) is 8.55. The number of anilines is 2. The van der Waals surface area contributed by atoms with Gasteiger partial charge >= 0.3 is 6.09 Å². The molecule has 0 aliphatic heterocycles. The number of methoxy groups -OCH3 is 1. The van der Waals surface area contributed by atoms with Crippen molar-refractivity contribution in [1.29, 1.82) is 0 Å². The Morgan fingerprint density at radius 1 is 1.06 bits per heavy atom. The second kappa shape index (κ2) is 10.8. The molecule has 0 fully saturated rings. The zero-order valence-electron chi connectivity index (χ0n) is 19.7. The van der Waals surface area contributed by atoms with Crippen LogP contribution in [0.1, 0.15) is 31.9 Å². The average Bonchev–Trinajstić information content (AvgIpc) is 2.79. The molecular weight excluding hydrogens is 434 g/mol. The largest absolute Gasteiger partial charge is 0.481 e. The minimum Gasteiger partial charge on any atom is -0.481 e. The van der Waals surface area contributed by atoms with E-state index in [0.717, 1.165) is 21.9 Å². The predicted octanol–water partition coefficient (Wildman–Crippen LogP) is 4.78. The van der Waals surface area contributed by atoms with Crippen LogP contribution in [0.5, 0.6) is 5.88 Å². The first-order chi connectivity index (χ1) is 16.2. The van der Waals surface area contributed by atoms with Gasteiger partial charge in [-0.05, 0) is 61.9 Å². The lowest BCUT2D eigenvalue weighted by Gasteiger charge is -2.21. The van der Waals surface area contributed by atoms with E-state index in [4.69, 9.17) is 9.47 Å². The summed E-state index contributed by atoms with van der Waals surface area (Å²) in [6.45, 7) is 5.25. The summed E-state index contributed by atoms with van der Waals surface area (Å²) in [5.41, 5.74) is 1.82. The molecule has 0 aliphatic rings. The number of aliphatic hydroxyl groups excluding tert-OH is 1. The smallest absolute Gasteiger partial charge is 0.412 e. The van der Waals surface area contributed by atoms with Gasteiger partial charge < -0.3 is 19.9 Å². The molecule has 0 spiro atoms. The number of fused-ring (bicyclic) bond motifs is 1. The summed E-state index contributed by atoms with van der Waals surface area (Å²) in [5, 5.41) is 16.9. The van der Waals surface area contributed by atoms with Crippen molar-refractivity contribution in [2.24, 2.45) is 0 Å². The van der Waals surface area contributed by atoms with Crippen LogP contribution in [0.2, 0.25) is 0 Å². The third-order valence-electron chi connectivity index (χ3n) is 4.81. The van der Waals surface area contributed by atoms with Crippen molar-refractivity contribution in [3.05, 3.63) is 65.9 Å². The Labute approximate surface area is 198 Å². The summed E-state index contributed by atoms with van der Waals surface area (Å²) in [5.74, 6) is 0.116. The molecule has 0 radical (unpaired) electrons. The van der Waals surface area contributed by atoms with Crippen LogP contribution >= 0.6 is 0 Å². The maximum atomic E-state index is 12.7. The van der Waals surface area contributed by atoms with Gasteiger partial charge in [0.15, 0.2) is 0 Å². The number of carbonyl (C=O) groups excluding carboxylic acids is 2. The fourth-order valence-corrected chi connectivity index (χ4v) is 3.40. The molecule has 3 rings (SSSR count). The van der Waals surface area contributed by atoms with Crippen LogP contribution in [-0.4, -0.2) is 41.4 Å². The topological polar surface area (TPSA) is 110 Å². The molecule has 0 saturated heterocycles. The number of hydrogen-bond donors (Lipinski definition) is 3. The summed E-state index contributed by atoms with van der Waals surface area (Å²) >= 11 is 0. The number of aromatic nitrogens is 1. The van der Waals surface area contributed by atoms with Gasteiger partial charge in [-0.15, -0.1) is 0 Å². The van der Waals surface area contributed by atoms with E-state index < -0.39 is 11.7 Å². The Morgan fingerprint density at radius 3 is 2.41 bits per heavy atom. The van der Waals surface area contributed by atoms with Crippen molar-refractivity contribution in [2.45, 2.75) is 32.8 Å². The van der Waals surface area contributed by atoms with Gasteiger partial charge in [0, 0.05) is 36.0 Å². The maximum Gasteiger partial charge on any atom is 0.412 e. The molecule has 3 aromatic rings. The van der Waals surface area contributed by atoms with Crippen LogP contribution in [0, 0.1) is 0 Å². The van der Waals surface area contributed by atoms with Gasteiger partial charge in [-0.1, -0.05) is 24.3 Å². The van der Waals surface area contributed by atoms with Crippen LogP contribution < -0.4 is 15.4 Å². The molecule has 1 heterocycles. The molecule has 8 nitrogen and oxygen atoms in total. The fourth-order valence-electron chi connectivity index (χ4n) is 3.40. The van der Waals surface area contributed by atoms with Crippen molar-refractivity contribution in [3.8, 4) is 5.88 Å². The van der Waals surface area contributed by atoms with E-state index in [1.54, 1.807) is 51.2 Å². The molecule has 2 amide bonds. The highest BCUT2D eigenvalue weighted by atomic mass is 16.6. The van der Waals surface area contributed by atoms with Crippen LogP contribution in [0.3, 0.4) is 0 Å². The Bertz CT molecular complexity index is 1200. The molecule has 3 N–H and O–H groups in total. The Balaban J connectivity index is 1.92. The van der Waals surface area contributed by atoms with Crippen molar-refractivity contribution in [3.63, 3.8) is 0 Å². The number of pyridine rings is 1. The van der Waals surface area contributed by atoms with Crippen LogP contribution in [0.4, 0.5) is 16.2 Å². The first kappa shape index (κ1) is 24.7. The van der Waals surface area contributed by atoms with E-state index in [2.05, 4.69) is 15.6 Å². The third-order valence-corrected chi connectivity index (χ3v) is 4.81. The Morgan fingerprint density at radius 2 is 1.79 bits per heavy atom. The van der Waals surface area contributed by atoms with Crippen LogP contribution in [0.15, 0.2) is 54.7 Å². The SMILES string of the molecule is COc1ccc(/C=C/C(=O)Nc2cc(NC(=O)OC(C)(C)C)c3ccccc3c2CCO)cn1. The van der Waals surface area contributed by atoms with Gasteiger partial charge in [0.1, 0.15) is 5.60 Å². The van der Waals surface area contributed by atoms with Gasteiger partial charge in [-0.25, -0.2) is 9.78 Å². The Kier molecular flexibility index (Phi) is 7.86. The summed E-state index contributed by atoms with van der Waals surface area (Å²) in [6.07, 6.45) is 4.35. The van der Waals surface area contributed by atoms with Crippen molar-refractivity contribution in [2.75, 3.05) is 24.4 Å². The van der Waals surface area contributed by atoms with E-state index in [1.165, 1.54) is 13.2 Å². The minimum absolute atomic E-state index is 0.0982. The standard InChI is InChI=1S/C26H29N3O5/c1-26(2,3)34-25(32)29-22-15-21(20(13-14-30)18-7-5-6-8-19(18)22)28-23(31)11-9-17-10-12-24(33-4)27-16-17/h5-12,15-16,30H,13-14H2,1-4H3,(H,28,31)(H,29,32)/b11-9+. The zero-order chi connectivity index (χ0) is 24.7. The molecule has 0 saturated carbocycles. The predicted molar refractivity (Wildman–Crippen MR) is 133 cm³/mol. The summed E-state index contributed by atoms with van der Waals surface area (Å²) < 4.78 is 10.4. The normalized spacial score (nSPS) is 11.4. The first-order valence-corrected chi connectivity index (χ1v) is 10.8. The van der Waals surface area contributed by atoms with Gasteiger partial charge in [0.2, 0.25) is 11.8 Å². The fraction of sp³-hybridized carbons (Fsp3) is 0.269. The van der Waals surface area contributed by atoms with Crippen LogP contribution in [0.25, 0.3) is 16.8 Å². The third kappa shape index (κ3) is 6.55. The number of carbonyl (C=O) groups is 2. The molecule has 0 atom stereocenters. The van der Waals surface area contributed by atoms with E-state index in [0.29, 0.717) is 23.7 Å². The second-order valence-electron chi connectivity index (χ2n) is 8.55. The lowest BCUT2D eigenvalue weighted by Crippen LogP contribution is -2.27. The van der Waals surface area contributed by atoms with Crippen molar-refractivity contribution in [1.82, 2.24) is 4.98 Å². The summed E-state index contributed by atoms with van der Waals surface area (Å²) in [7, 11) is 1.53. The molecule has 0 unspecified atom stereocenters. The number of nitrogens with one attached hydrogen (secondary N) is 2. The van der Waals surface area contributed by atoms with E-state index in [-0.39, 0.29) is 12.5 Å². The number of aliphatic hydroxyl groups is 1. The number of benzene rings is 2. The molecule has 34 heavy (non-hydrogen) atoms. The highest BCUT2D eigenvalue weighted by Gasteiger charge is 2.19. The van der Waals surface area contributed by atoms with E-state index in [1.807, 2.05) is 24.3 Å². The molecule has 0 bridgehead atoms. The van der Waals surface area contributed by atoms with Crippen molar-refractivity contribution >= 4 is 40.2 Å². The molecule has 2 aromatic carbocycles. The number of rotatable bonds is 7. The number of hydrogen-bond acceptors (Lipinski definition) is 6. The average molecular weight is 464 g/mol. The van der Waals surface area contributed by atoms with Gasteiger partial charge in [-0.2, -0.15) is 0 Å². The Hall–Kier alpha value is -3.91. The lowest BCUT2D eigenvalue weighted by atomic mass is 9.98. The zero-order valence-corrected chi connectivity index (χ0v) is 19.7. The number of nitrogens with zero attached hydrogens (tertiary/aromatic N) is 1. The van der Waals surface area contributed by atoms with Gasteiger partial charge in [-0.3, -0.25) is 10.1 Å². The van der Waals surface area contributed by atoms with Gasteiger partial charge in [0.05, 0.1) is 12.8 Å². The first-order valence-electron chi connectivity index (χ1n) is 10.8. The molecule has 178 valence electrons. The molecule has 1 aromatic heterocycles. The monoisotopic (exact) mass is 463 g/mol. The minimum atomic E-state index is -0.658. The molecule has 8 heteroatoms. The van der Waals surface area contributed by atoms with Crippen LogP contribution in [-0.2, 0) is 16.0 Å². The van der Waals surface area contributed by atoms with E-state index >= 15 is 0 Å². The number of amides is 2. The van der Waals surface area contributed by atoms with E-state index in [9.17, 15) is 14.7 Å². The molecule has 0 aliphatic carbocycles. The summed E-state index contributed by atoms with van der Waals surface area (Å²) in [4.78, 5) is 29.3. The maximum absolute atomic E-state index is 12.7. The number of ether oxygens (including phenoxy) is 2. The highest BCUT2D eigenvalue weighted by molar-refractivity contribution is 6.08. The summed E-state index contributed by atoms with van der Waals surface area (Å²) in [6, 6.07) is 12.6. The lowest BCUT2D eigenvalue weighted by molar-refractivity contribution is -0.111. The van der Waals surface area contributed by atoms with Crippen molar-refractivity contribution < 1.29 is 24.2 Å².